The molecule has 1 amide bonds. The first-order valence-corrected chi connectivity index (χ1v) is 7.96. The second kappa shape index (κ2) is 7.25. The van der Waals surface area contributed by atoms with Crippen LogP contribution in [0.2, 0.25) is 0 Å². The Labute approximate surface area is 141 Å². The van der Waals surface area contributed by atoms with E-state index in [2.05, 4.69) is 11.4 Å². The molecule has 0 radical (unpaired) electrons. The number of rotatable bonds is 5. The van der Waals surface area contributed by atoms with E-state index in [1.165, 1.54) is 11.6 Å². The van der Waals surface area contributed by atoms with Crippen molar-refractivity contribution in [3.8, 4) is 0 Å². The Kier molecular flexibility index (Phi) is 5.34. The van der Waals surface area contributed by atoms with Gasteiger partial charge < -0.3 is 5.32 Å². The number of amides is 1. The summed E-state index contributed by atoms with van der Waals surface area (Å²) >= 11 is 0. The molecule has 0 aliphatic heterocycles. The summed E-state index contributed by atoms with van der Waals surface area (Å²) in [6.07, 6.45) is 0.740. The van der Waals surface area contributed by atoms with Gasteiger partial charge in [0.15, 0.2) is 0 Å². The summed E-state index contributed by atoms with van der Waals surface area (Å²) in [5.74, 6) is -0.301. The van der Waals surface area contributed by atoms with Gasteiger partial charge in [-0.15, -0.1) is 0 Å². The molecule has 0 aliphatic rings. The summed E-state index contributed by atoms with van der Waals surface area (Å²) in [7, 11) is 0. The summed E-state index contributed by atoms with van der Waals surface area (Å²) in [6.45, 7) is 7.71. The smallest absolute Gasteiger partial charge is 0.273 e. The van der Waals surface area contributed by atoms with Gasteiger partial charge in [0.05, 0.1) is 11.0 Å². The van der Waals surface area contributed by atoms with Crippen LogP contribution in [0.1, 0.15) is 52.0 Å². The van der Waals surface area contributed by atoms with Crippen LogP contribution in [0.4, 0.5) is 5.69 Å². The van der Waals surface area contributed by atoms with Crippen molar-refractivity contribution in [3.05, 3.63) is 74.3 Å². The Morgan fingerprint density at radius 2 is 1.83 bits per heavy atom. The van der Waals surface area contributed by atoms with Gasteiger partial charge in [0.2, 0.25) is 0 Å². The first-order chi connectivity index (χ1) is 11.3. The number of nitrogens with zero attached hydrogens (tertiary/aromatic N) is 1. The number of hydrogen-bond donors (Lipinski definition) is 1. The summed E-state index contributed by atoms with van der Waals surface area (Å²) in [5.41, 5.74) is 4.16. The molecule has 24 heavy (non-hydrogen) atoms. The number of aryl methyl sites for hydroxylation is 3. The third kappa shape index (κ3) is 3.79. The molecule has 0 saturated carbocycles. The largest absolute Gasteiger partial charge is 0.345 e. The fourth-order valence-electron chi connectivity index (χ4n) is 2.81. The molecule has 1 N–H and O–H groups in total. The third-order valence-corrected chi connectivity index (χ3v) is 4.18. The quantitative estimate of drug-likeness (QED) is 0.654. The molecular weight excluding hydrogens is 304 g/mol. The number of nitro groups is 1. The van der Waals surface area contributed by atoms with Crippen molar-refractivity contribution in [1.82, 2.24) is 5.32 Å². The minimum atomic E-state index is -0.465. The first-order valence-electron chi connectivity index (χ1n) is 7.96. The van der Waals surface area contributed by atoms with Crippen LogP contribution in [0.25, 0.3) is 0 Å². The highest BCUT2D eigenvalue weighted by atomic mass is 16.6. The molecule has 0 saturated heterocycles. The van der Waals surface area contributed by atoms with Crippen molar-refractivity contribution in [3.63, 3.8) is 0 Å². The van der Waals surface area contributed by atoms with Crippen LogP contribution in [-0.4, -0.2) is 10.8 Å². The van der Waals surface area contributed by atoms with E-state index < -0.39 is 4.92 Å². The molecule has 2 rings (SSSR count). The lowest BCUT2D eigenvalue weighted by atomic mass is 9.97. The highest BCUT2D eigenvalue weighted by molar-refractivity contribution is 5.95. The summed E-state index contributed by atoms with van der Waals surface area (Å²) in [5, 5.41) is 14.0. The fraction of sp³-hybridized carbons (Fsp3) is 0.316. The van der Waals surface area contributed by atoms with Gasteiger partial charge in [-0.2, -0.15) is 0 Å². The van der Waals surface area contributed by atoms with Gasteiger partial charge in [0.1, 0.15) is 0 Å². The molecule has 0 aromatic heterocycles. The standard InChI is InChI=1S/C19H22N2O3/c1-5-17(16-9-6-12(2)10-14(16)4)20-19(22)15-8-7-13(3)18(11-15)21(23)24/h6-11,17H,5H2,1-4H3,(H,20,22)/t17-/m1/s1. The fourth-order valence-corrected chi connectivity index (χ4v) is 2.81. The number of carbonyl (C=O) groups is 1. The van der Waals surface area contributed by atoms with E-state index >= 15 is 0 Å². The van der Waals surface area contributed by atoms with E-state index in [0.29, 0.717) is 11.1 Å². The minimum Gasteiger partial charge on any atom is -0.345 e. The SMILES string of the molecule is CC[C@@H](NC(=O)c1ccc(C)c([N+](=O)[O-])c1)c1ccc(C)cc1C. The number of benzene rings is 2. The molecule has 2 aromatic carbocycles. The zero-order valence-electron chi connectivity index (χ0n) is 14.4. The maximum absolute atomic E-state index is 12.5. The summed E-state index contributed by atoms with van der Waals surface area (Å²) in [6, 6.07) is 10.6. The lowest BCUT2D eigenvalue weighted by Crippen LogP contribution is -2.28. The lowest BCUT2D eigenvalue weighted by Gasteiger charge is -2.20. The molecule has 0 heterocycles. The van der Waals surface area contributed by atoms with Crippen molar-refractivity contribution >= 4 is 11.6 Å². The Morgan fingerprint density at radius 1 is 1.12 bits per heavy atom. The molecule has 5 nitrogen and oxygen atoms in total. The molecule has 1 atom stereocenters. The van der Waals surface area contributed by atoms with Gasteiger partial charge in [-0.25, -0.2) is 0 Å². The van der Waals surface area contributed by atoms with Gasteiger partial charge in [0, 0.05) is 17.2 Å². The van der Waals surface area contributed by atoms with Crippen LogP contribution in [0.5, 0.6) is 0 Å². The highest BCUT2D eigenvalue weighted by Crippen LogP contribution is 2.23. The van der Waals surface area contributed by atoms with Crippen LogP contribution in [0.15, 0.2) is 36.4 Å². The number of nitrogens with one attached hydrogen (secondary N) is 1. The normalized spacial score (nSPS) is 11.8. The highest BCUT2D eigenvalue weighted by Gasteiger charge is 2.19. The molecule has 0 fully saturated rings. The maximum atomic E-state index is 12.5. The Bertz CT molecular complexity index is 784. The van der Waals surface area contributed by atoms with E-state index in [4.69, 9.17) is 0 Å². The predicted octanol–water partition coefficient (Wildman–Crippen LogP) is 4.40. The van der Waals surface area contributed by atoms with Crippen molar-refractivity contribution in [2.45, 2.75) is 40.2 Å². The van der Waals surface area contributed by atoms with Gasteiger partial charge in [0.25, 0.3) is 11.6 Å². The van der Waals surface area contributed by atoms with Crippen LogP contribution in [0.3, 0.4) is 0 Å². The second-order valence-corrected chi connectivity index (χ2v) is 6.05. The van der Waals surface area contributed by atoms with Crippen molar-refractivity contribution in [2.75, 3.05) is 0 Å². The van der Waals surface area contributed by atoms with Gasteiger partial charge in [-0.05, 0) is 44.4 Å². The van der Waals surface area contributed by atoms with Crippen molar-refractivity contribution in [1.29, 1.82) is 0 Å². The van der Waals surface area contributed by atoms with Gasteiger partial charge >= 0.3 is 0 Å². The van der Waals surface area contributed by atoms with E-state index in [1.54, 1.807) is 19.1 Å². The second-order valence-electron chi connectivity index (χ2n) is 6.05. The average Bonchev–Trinajstić information content (AvgIpc) is 2.53. The first kappa shape index (κ1) is 17.7. The lowest BCUT2D eigenvalue weighted by molar-refractivity contribution is -0.385. The van der Waals surface area contributed by atoms with Crippen LogP contribution in [0, 0.1) is 30.9 Å². The Balaban J connectivity index is 2.27. The molecule has 0 spiro atoms. The molecular formula is C19H22N2O3. The zero-order chi connectivity index (χ0) is 17.9. The number of carbonyl (C=O) groups excluding carboxylic acids is 1. The molecule has 5 heteroatoms. The third-order valence-electron chi connectivity index (χ3n) is 4.18. The maximum Gasteiger partial charge on any atom is 0.273 e. The summed E-state index contributed by atoms with van der Waals surface area (Å²) in [4.78, 5) is 23.1. The average molecular weight is 326 g/mol. The van der Waals surface area contributed by atoms with Crippen LogP contribution >= 0.6 is 0 Å². The van der Waals surface area contributed by atoms with E-state index in [9.17, 15) is 14.9 Å². The van der Waals surface area contributed by atoms with Crippen LogP contribution < -0.4 is 5.32 Å². The minimum absolute atomic E-state index is 0.0396. The molecule has 0 unspecified atom stereocenters. The number of hydrogen-bond acceptors (Lipinski definition) is 3. The zero-order valence-corrected chi connectivity index (χ0v) is 14.4. The molecule has 126 valence electrons. The molecule has 0 bridgehead atoms. The van der Waals surface area contributed by atoms with Crippen molar-refractivity contribution in [2.24, 2.45) is 0 Å². The van der Waals surface area contributed by atoms with Crippen molar-refractivity contribution < 1.29 is 9.72 Å². The van der Waals surface area contributed by atoms with E-state index in [1.807, 2.05) is 32.9 Å². The topological polar surface area (TPSA) is 72.2 Å². The monoisotopic (exact) mass is 326 g/mol. The molecule has 0 aliphatic carbocycles. The van der Waals surface area contributed by atoms with Crippen LogP contribution in [-0.2, 0) is 0 Å². The Morgan fingerprint density at radius 3 is 2.42 bits per heavy atom. The van der Waals surface area contributed by atoms with Gasteiger partial charge in [-0.3, -0.25) is 14.9 Å². The predicted molar refractivity (Wildman–Crippen MR) is 94.2 cm³/mol. The molecule has 2 aromatic rings. The summed E-state index contributed by atoms with van der Waals surface area (Å²) < 4.78 is 0. The van der Waals surface area contributed by atoms with E-state index in [-0.39, 0.29) is 17.6 Å². The van der Waals surface area contributed by atoms with Gasteiger partial charge in [-0.1, -0.05) is 36.8 Å². The number of nitro benzene ring substituents is 1. The van der Waals surface area contributed by atoms with E-state index in [0.717, 1.165) is 17.5 Å². The Hall–Kier alpha value is -2.69.